The first-order valence-corrected chi connectivity index (χ1v) is 23.2. The van der Waals surface area contributed by atoms with Gasteiger partial charge in [-0.05, 0) is 84.2 Å². The molecule has 1 rings (SSSR count). The molecule has 1 heterocycles. The Bertz CT molecular complexity index is 794. The molecule has 7 nitrogen and oxygen atoms in total. The summed E-state index contributed by atoms with van der Waals surface area (Å²) in [5, 5.41) is 0.358. The lowest BCUT2D eigenvalue weighted by Crippen LogP contribution is -2.32. The molecule has 8 heteroatoms. The Morgan fingerprint density at radius 2 is 0.942 bits per heavy atom. The molecule has 306 valence electrons. The highest BCUT2D eigenvalue weighted by Gasteiger charge is 2.26. The van der Waals surface area contributed by atoms with E-state index in [0.717, 1.165) is 70.9 Å². The molecule has 1 fully saturated rings. The molecule has 0 saturated carbocycles. The van der Waals surface area contributed by atoms with Crippen LogP contribution in [0.15, 0.2) is 0 Å². The van der Waals surface area contributed by atoms with Gasteiger partial charge < -0.3 is 19.3 Å². The zero-order valence-corrected chi connectivity index (χ0v) is 35.7. The fourth-order valence-corrected chi connectivity index (χ4v) is 8.42. The summed E-state index contributed by atoms with van der Waals surface area (Å²) < 4.78 is 12.1. The van der Waals surface area contributed by atoms with Crippen molar-refractivity contribution < 1.29 is 23.9 Å². The van der Waals surface area contributed by atoms with Gasteiger partial charge in [-0.3, -0.25) is 14.4 Å². The average molecular weight is 753 g/mol. The Labute approximate surface area is 326 Å². The second-order valence-electron chi connectivity index (χ2n) is 15.8. The second kappa shape index (κ2) is 34.2. The van der Waals surface area contributed by atoms with Crippen molar-refractivity contribution in [1.82, 2.24) is 9.80 Å². The predicted octanol–water partition coefficient (Wildman–Crippen LogP) is 12.7. The number of amides is 1. The van der Waals surface area contributed by atoms with Gasteiger partial charge in [-0.2, -0.15) is 0 Å². The normalized spacial score (nSPS) is 14.8. The Hall–Kier alpha value is -1.28. The largest absolute Gasteiger partial charge is 0.462 e. The molecule has 1 atom stereocenters. The highest BCUT2D eigenvalue weighted by Crippen LogP contribution is 2.25. The molecule has 0 spiro atoms. The molecule has 0 N–H and O–H groups in total. The van der Waals surface area contributed by atoms with Crippen molar-refractivity contribution in [3.63, 3.8) is 0 Å². The van der Waals surface area contributed by atoms with Crippen molar-refractivity contribution in [2.24, 2.45) is 0 Å². The summed E-state index contributed by atoms with van der Waals surface area (Å²) >= 11 is 1.43. The second-order valence-corrected chi connectivity index (χ2v) is 17.0. The molecule has 0 aromatic rings. The zero-order valence-electron chi connectivity index (χ0n) is 34.9. The van der Waals surface area contributed by atoms with Crippen LogP contribution < -0.4 is 0 Å². The third kappa shape index (κ3) is 27.3. The topological polar surface area (TPSA) is 76.1 Å². The molecule has 1 aliphatic heterocycles. The number of hydrogen-bond acceptors (Lipinski definition) is 7. The van der Waals surface area contributed by atoms with Gasteiger partial charge in [0.1, 0.15) is 12.2 Å². The van der Waals surface area contributed by atoms with Gasteiger partial charge in [0.15, 0.2) is 0 Å². The van der Waals surface area contributed by atoms with Crippen LogP contribution >= 0.6 is 11.8 Å². The third-order valence-corrected chi connectivity index (χ3v) is 11.8. The number of hydrogen-bond donors (Lipinski definition) is 0. The van der Waals surface area contributed by atoms with Crippen molar-refractivity contribution in [2.45, 2.75) is 231 Å². The minimum atomic E-state index is -0.136. The van der Waals surface area contributed by atoms with E-state index in [1.54, 1.807) is 0 Å². The van der Waals surface area contributed by atoms with Crippen molar-refractivity contribution in [3.8, 4) is 0 Å². The molecule has 0 radical (unpaired) electrons. The Kier molecular flexibility index (Phi) is 32.1. The van der Waals surface area contributed by atoms with E-state index >= 15 is 0 Å². The number of ether oxygens (including phenoxy) is 2. The lowest BCUT2D eigenvalue weighted by Gasteiger charge is -2.24. The maximum Gasteiger partial charge on any atom is 0.306 e. The first kappa shape index (κ1) is 48.7. The van der Waals surface area contributed by atoms with Gasteiger partial charge >= 0.3 is 11.9 Å². The van der Waals surface area contributed by atoms with Gasteiger partial charge in [-0.25, -0.2) is 0 Å². The Morgan fingerprint density at radius 1 is 0.577 bits per heavy atom. The van der Waals surface area contributed by atoms with Gasteiger partial charge in [0, 0.05) is 37.7 Å². The first-order chi connectivity index (χ1) is 25.3. The summed E-state index contributed by atoms with van der Waals surface area (Å²) in [6, 6.07) is 0. The lowest BCUT2D eigenvalue weighted by molar-refractivity contribution is -0.150. The molecule has 0 aliphatic carbocycles. The molecule has 1 aliphatic rings. The summed E-state index contributed by atoms with van der Waals surface area (Å²) in [6.07, 6.45) is 30.9. The molecular weight excluding hydrogens is 669 g/mol. The third-order valence-electron chi connectivity index (χ3n) is 10.6. The molecular formula is C44H84N2O5S. The van der Waals surface area contributed by atoms with Crippen LogP contribution in [-0.2, 0) is 19.1 Å². The van der Waals surface area contributed by atoms with Crippen LogP contribution in [0.1, 0.15) is 214 Å². The van der Waals surface area contributed by atoms with E-state index in [1.165, 1.54) is 114 Å². The van der Waals surface area contributed by atoms with Crippen LogP contribution in [0.3, 0.4) is 0 Å². The van der Waals surface area contributed by atoms with Crippen LogP contribution in [0.25, 0.3) is 0 Å². The molecule has 0 aromatic heterocycles. The van der Waals surface area contributed by atoms with Gasteiger partial charge in [-0.1, -0.05) is 142 Å². The van der Waals surface area contributed by atoms with E-state index in [2.05, 4.69) is 39.6 Å². The van der Waals surface area contributed by atoms with E-state index in [1.807, 2.05) is 4.90 Å². The summed E-state index contributed by atoms with van der Waals surface area (Å²) in [6.45, 7) is 11.9. The molecule has 0 bridgehead atoms. The number of thioether (sulfide) groups is 1. The predicted molar refractivity (Wildman–Crippen MR) is 222 cm³/mol. The molecule has 1 unspecified atom stereocenters. The van der Waals surface area contributed by atoms with Crippen LogP contribution in [0.2, 0.25) is 0 Å². The summed E-state index contributed by atoms with van der Waals surface area (Å²) in [5.74, 6) is -0.271. The number of rotatable bonds is 35. The molecule has 1 amide bonds. The fraction of sp³-hybridized carbons (Fsp3) is 0.932. The summed E-state index contributed by atoms with van der Waals surface area (Å²) in [5.41, 5.74) is 0. The number of nitrogens with zero attached hydrogens (tertiary/aromatic N) is 2. The Morgan fingerprint density at radius 3 is 1.27 bits per heavy atom. The fourth-order valence-electron chi connectivity index (χ4n) is 7.25. The van der Waals surface area contributed by atoms with Crippen LogP contribution in [0, 0.1) is 0 Å². The quantitative estimate of drug-likeness (QED) is 0.0471. The van der Waals surface area contributed by atoms with E-state index in [9.17, 15) is 14.4 Å². The van der Waals surface area contributed by atoms with Crippen molar-refractivity contribution in [2.75, 3.05) is 33.2 Å². The summed E-state index contributed by atoms with van der Waals surface area (Å²) in [7, 11) is 2.10. The van der Waals surface area contributed by atoms with Crippen molar-refractivity contribution >= 4 is 28.9 Å². The van der Waals surface area contributed by atoms with E-state index in [4.69, 9.17) is 9.47 Å². The monoisotopic (exact) mass is 753 g/mol. The van der Waals surface area contributed by atoms with Crippen LogP contribution in [0.4, 0.5) is 4.79 Å². The Balaban J connectivity index is 2.68. The molecule has 0 aromatic carbocycles. The van der Waals surface area contributed by atoms with Crippen molar-refractivity contribution in [1.29, 1.82) is 0 Å². The SMILES string of the molecule is CCCCCCCC(CCCCCCC)OC(=O)CCCN(CCCC(=O)OC(CCCCCCC)CCCCCCC)C(=O)SC1CCN(C)C1. The molecule has 52 heavy (non-hydrogen) atoms. The van der Waals surface area contributed by atoms with E-state index < -0.39 is 0 Å². The standard InChI is InChI=1S/C44H84N2O5S/c1-6-10-14-18-22-28-39(29-23-19-15-11-7-2)50-42(47)32-26-35-46(44(49)52-41-34-37-45(5)38-41)36-27-33-43(48)51-40(30-24-20-16-12-8-3)31-25-21-17-13-9-4/h39-41H,6-38H2,1-5H3. The van der Waals surface area contributed by atoms with Gasteiger partial charge in [0.05, 0.1) is 0 Å². The van der Waals surface area contributed by atoms with Crippen molar-refractivity contribution in [3.05, 3.63) is 0 Å². The van der Waals surface area contributed by atoms with Gasteiger partial charge in [-0.15, -0.1) is 0 Å². The smallest absolute Gasteiger partial charge is 0.306 e. The van der Waals surface area contributed by atoms with E-state index in [0.29, 0.717) is 44.0 Å². The number of carbonyl (C=O) groups is 3. The van der Waals surface area contributed by atoms with Crippen LogP contribution in [-0.4, -0.2) is 77.7 Å². The van der Waals surface area contributed by atoms with Gasteiger partial charge in [0.2, 0.25) is 0 Å². The highest BCUT2D eigenvalue weighted by atomic mass is 32.2. The highest BCUT2D eigenvalue weighted by molar-refractivity contribution is 8.14. The number of likely N-dealkylation sites (tertiary alicyclic amines) is 1. The maximum absolute atomic E-state index is 13.5. The summed E-state index contributed by atoms with van der Waals surface area (Å²) in [4.78, 5) is 43.8. The van der Waals surface area contributed by atoms with E-state index in [-0.39, 0.29) is 29.4 Å². The number of carbonyl (C=O) groups excluding carboxylic acids is 3. The number of esters is 2. The minimum Gasteiger partial charge on any atom is -0.462 e. The first-order valence-electron chi connectivity index (χ1n) is 22.4. The maximum atomic E-state index is 13.5. The van der Waals surface area contributed by atoms with Gasteiger partial charge in [0.25, 0.3) is 5.24 Å². The minimum absolute atomic E-state index is 0.00548. The molecule has 1 saturated heterocycles. The lowest BCUT2D eigenvalue weighted by atomic mass is 10.0. The number of unbranched alkanes of at least 4 members (excludes halogenated alkanes) is 16. The van der Waals surface area contributed by atoms with Crippen LogP contribution in [0.5, 0.6) is 0 Å². The average Bonchev–Trinajstić information content (AvgIpc) is 3.53. The zero-order chi connectivity index (χ0) is 38.1.